The molecule has 0 bridgehead atoms. The lowest BCUT2D eigenvalue weighted by Gasteiger charge is -2.46. The highest BCUT2D eigenvalue weighted by atomic mass is 19.4. The summed E-state index contributed by atoms with van der Waals surface area (Å²) in [4.78, 5) is 3.97. The molecule has 1 heterocycles. The summed E-state index contributed by atoms with van der Waals surface area (Å²) in [6.45, 7) is 0.854. The van der Waals surface area contributed by atoms with Crippen molar-refractivity contribution in [3.8, 4) is 5.75 Å². The third-order valence-electron chi connectivity index (χ3n) is 10.7. The summed E-state index contributed by atoms with van der Waals surface area (Å²) in [6, 6.07) is -0.748. The number of hydrogen-bond donors (Lipinski definition) is 0. The quantitative estimate of drug-likeness (QED) is 0.0905. The normalized spacial score (nSPS) is 13.4. The lowest BCUT2D eigenvalue weighted by Crippen LogP contribution is -2.75. The van der Waals surface area contributed by atoms with Crippen LogP contribution in [0.15, 0.2) is 122 Å². The van der Waals surface area contributed by atoms with Gasteiger partial charge in [-0.3, -0.25) is 4.98 Å². The van der Waals surface area contributed by atoms with Gasteiger partial charge in [0, 0.05) is 5.56 Å². The summed E-state index contributed by atoms with van der Waals surface area (Å²) >= 11 is 0. The first-order chi connectivity index (χ1) is 32.6. The number of rotatable bonds is 7. The molecule has 6 rings (SSSR count). The van der Waals surface area contributed by atoms with Crippen LogP contribution in [-0.4, -0.2) is 18.2 Å². The van der Waals surface area contributed by atoms with E-state index in [1.807, 2.05) is 24.5 Å². The SMILES string of the molecule is COc1ccc(C[n+]2ccncc2)cc1.FC(F)(F)c1cc([B-](c2cc(C(F)(F)F)cc(C(F)(F)F)c2)(c2cc(C(F)(F)F)cc(C(F)(F)F)c2)c2cc(C(F)(F)F)cc(C(F)(F)F)c2)cc(C(F)(F)F)c1. The first-order valence-corrected chi connectivity index (χ1v) is 19.4. The van der Waals surface area contributed by atoms with Gasteiger partial charge in [0.05, 0.1) is 64.0 Å². The number of nitrogens with zero attached hydrogens (tertiary/aromatic N) is 2. The largest absolute Gasteiger partial charge is 0.497 e. The van der Waals surface area contributed by atoms with Crippen LogP contribution in [0.5, 0.6) is 5.75 Å². The van der Waals surface area contributed by atoms with Crippen LogP contribution in [0.4, 0.5) is 105 Å². The molecule has 0 saturated carbocycles. The van der Waals surface area contributed by atoms with Crippen LogP contribution < -0.4 is 31.2 Å². The second-order valence-corrected chi connectivity index (χ2v) is 15.5. The van der Waals surface area contributed by atoms with E-state index in [9.17, 15) is 105 Å². The Labute approximate surface area is 388 Å². The van der Waals surface area contributed by atoms with E-state index in [0.717, 1.165) is 12.3 Å². The molecule has 0 unspecified atom stereocenters. The second kappa shape index (κ2) is 19.4. The van der Waals surface area contributed by atoms with Gasteiger partial charge in [-0.1, -0.05) is 48.5 Å². The maximum Gasteiger partial charge on any atom is 0.416 e. The Kier molecular flexibility index (Phi) is 15.2. The van der Waals surface area contributed by atoms with Crippen molar-refractivity contribution in [3.63, 3.8) is 0 Å². The van der Waals surface area contributed by atoms with Crippen LogP contribution in [0.1, 0.15) is 50.1 Å². The Morgan fingerprint density at radius 1 is 0.361 bits per heavy atom. The van der Waals surface area contributed by atoms with Gasteiger partial charge in [-0.25, -0.2) is 0 Å². The van der Waals surface area contributed by atoms with Gasteiger partial charge in [0.1, 0.15) is 11.9 Å². The standard InChI is InChI=1S/C32H12BF24.C12H13N2O/c34-25(35,36)13-1-14(26(37,38)39)6-21(5-13)33(22-7-15(27(40,41)42)2-16(8-22)28(43,44)45,23-9-17(29(46,47)48)3-18(10-23)30(49,50)51)24-11-19(31(52,53)54)4-20(12-24)32(55,56)57;1-15-12-4-2-11(3-5-12)10-14-8-6-13-7-9-14/h1-12H;2-9H,10H2,1H3/q-1;+1. The Hall–Kier alpha value is -6.64. The number of aromatic nitrogens is 2. The predicted octanol–water partition coefficient (Wildman–Crippen LogP) is 12.6. The molecule has 0 aliphatic heterocycles. The van der Waals surface area contributed by atoms with Crippen LogP contribution in [0.2, 0.25) is 0 Å². The lowest BCUT2D eigenvalue weighted by atomic mass is 9.12. The van der Waals surface area contributed by atoms with Crippen molar-refractivity contribution in [2.24, 2.45) is 0 Å². The molecule has 3 nitrogen and oxygen atoms in total. The van der Waals surface area contributed by atoms with Gasteiger partial charge < -0.3 is 4.74 Å². The first kappa shape index (κ1) is 56.3. The number of benzene rings is 5. The molecule has 0 fully saturated rings. The van der Waals surface area contributed by atoms with Crippen molar-refractivity contribution in [1.29, 1.82) is 0 Å². The van der Waals surface area contributed by atoms with Crippen molar-refractivity contribution >= 4 is 28.0 Å². The molecule has 0 saturated heterocycles. The number of methoxy groups -OCH3 is 1. The van der Waals surface area contributed by atoms with Gasteiger partial charge in [-0.15, -0.1) is 0 Å². The van der Waals surface area contributed by atoms with Gasteiger partial charge in [0.25, 0.3) is 0 Å². The molecule has 0 radical (unpaired) electrons. The maximum absolute atomic E-state index is 14.2. The van der Waals surface area contributed by atoms with E-state index < -0.39 is 195 Å². The summed E-state index contributed by atoms with van der Waals surface area (Å²) in [5, 5.41) is 0. The van der Waals surface area contributed by atoms with Crippen LogP contribution in [0.3, 0.4) is 0 Å². The average Bonchev–Trinajstić information content (AvgIpc) is 3.25. The van der Waals surface area contributed by atoms with Crippen LogP contribution in [0.25, 0.3) is 0 Å². The molecule has 0 N–H and O–H groups in total. The Morgan fingerprint density at radius 3 is 0.778 bits per heavy atom. The van der Waals surface area contributed by atoms with E-state index in [-0.39, 0.29) is 0 Å². The molecule has 6 aromatic rings. The third-order valence-corrected chi connectivity index (χ3v) is 10.7. The maximum atomic E-state index is 14.2. The van der Waals surface area contributed by atoms with Crippen molar-refractivity contribution in [1.82, 2.24) is 4.98 Å². The highest BCUT2D eigenvalue weighted by molar-refractivity contribution is 7.20. The highest BCUT2D eigenvalue weighted by Gasteiger charge is 2.47. The van der Waals surface area contributed by atoms with Gasteiger partial charge in [0.15, 0.2) is 18.9 Å². The van der Waals surface area contributed by atoms with Crippen molar-refractivity contribution < 1.29 is 115 Å². The Morgan fingerprint density at radius 2 is 0.583 bits per heavy atom. The molecule has 1 aromatic heterocycles. The molecule has 388 valence electrons. The zero-order valence-corrected chi connectivity index (χ0v) is 35.2. The second-order valence-electron chi connectivity index (χ2n) is 15.5. The minimum absolute atomic E-state index is 0.691. The fraction of sp³-hybridized carbons (Fsp3) is 0.227. The monoisotopic (exact) mass is 1060 g/mol. The Bertz CT molecular complexity index is 2420. The van der Waals surface area contributed by atoms with Gasteiger partial charge >= 0.3 is 49.4 Å². The average molecular weight is 1060 g/mol. The first-order valence-electron chi connectivity index (χ1n) is 19.4. The van der Waals surface area contributed by atoms with Crippen LogP contribution >= 0.6 is 0 Å². The summed E-state index contributed by atoms with van der Waals surface area (Å²) in [5.74, 6) is 0.887. The number of hydrogen-bond acceptors (Lipinski definition) is 2. The van der Waals surface area contributed by atoms with Gasteiger partial charge in [-0.2, -0.15) is 132 Å². The van der Waals surface area contributed by atoms with Crippen molar-refractivity contribution in [2.45, 2.75) is 56.0 Å². The summed E-state index contributed by atoms with van der Waals surface area (Å²) < 4.78 is 348. The fourth-order valence-electron chi connectivity index (χ4n) is 7.47. The molecule has 28 heteroatoms. The molecule has 0 spiro atoms. The van der Waals surface area contributed by atoms with Crippen molar-refractivity contribution in [3.05, 3.63) is 172 Å². The molecule has 72 heavy (non-hydrogen) atoms. The van der Waals surface area contributed by atoms with E-state index >= 15 is 0 Å². The Balaban J connectivity index is 0.000000542. The minimum atomic E-state index is -6.13. The number of halogens is 24. The molecule has 0 aliphatic rings. The van der Waals surface area contributed by atoms with Crippen LogP contribution in [0, 0.1) is 0 Å². The highest BCUT2D eigenvalue weighted by Crippen LogP contribution is 2.41. The molecule has 0 amide bonds. The summed E-state index contributed by atoms with van der Waals surface area (Å²) in [6.07, 6.45) is -47.3. The zero-order chi connectivity index (χ0) is 54.4. The van der Waals surface area contributed by atoms with Crippen molar-refractivity contribution in [2.75, 3.05) is 7.11 Å². The van der Waals surface area contributed by atoms with Gasteiger partial charge in [0.2, 0.25) is 0 Å². The van der Waals surface area contributed by atoms with E-state index in [1.54, 1.807) is 19.5 Å². The molecular weight excluding hydrogens is 1040 g/mol. The van der Waals surface area contributed by atoms with E-state index in [0.29, 0.717) is 0 Å². The topological polar surface area (TPSA) is 26.0 Å². The minimum Gasteiger partial charge on any atom is -0.497 e. The number of ether oxygens (including phenoxy) is 1. The molecule has 0 atom stereocenters. The fourth-order valence-corrected chi connectivity index (χ4v) is 7.47. The predicted molar refractivity (Wildman–Crippen MR) is 207 cm³/mol. The molecule has 0 aliphatic carbocycles. The summed E-state index contributed by atoms with van der Waals surface area (Å²) in [7, 11) is 1.67. The van der Waals surface area contributed by atoms with Gasteiger partial charge in [-0.05, 0) is 48.5 Å². The van der Waals surface area contributed by atoms with Crippen LogP contribution in [-0.2, 0) is 56.0 Å². The molecular formula is C44H25BF24N2O. The van der Waals surface area contributed by atoms with E-state index in [2.05, 4.69) is 21.7 Å². The zero-order valence-electron chi connectivity index (χ0n) is 35.2. The lowest BCUT2D eigenvalue weighted by molar-refractivity contribution is -0.688. The third kappa shape index (κ3) is 13.1. The van der Waals surface area contributed by atoms with E-state index in [4.69, 9.17) is 4.74 Å². The number of alkyl halides is 24. The molecule has 5 aromatic carbocycles. The summed E-state index contributed by atoms with van der Waals surface area (Å²) in [5.41, 5.74) is -29.0. The van der Waals surface area contributed by atoms with E-state index in [1.165, 1.54) is 5.56 Å². The smallest absolute Gasteiger partial charge is 0.416 e.